The molecule has 0 fully saturated rings. The maximum atomic E-state index is 12.9. The van der Waals surface area contributed by atoms with E-state index in [1.165, 1.54) is 20.1 Å². The highest BCUT2D eigenvalue weighted by Gasteiger charge is 2.24. The fourth-order valence-electron chi connectivity index (χ4n) is 1.30. The second kappa shape index (κ2) is 5.03. The van der Waals surface area contributed by atoms with Crippen molar-refractivity contribution in [3.8, 4) is 0 Å². The average molecular weight is 230 g/mol. The van der Waals surface area contributed by atoms with Gasteiger partial charge in [-0.25, -0.2) is 8.78 Å². The van der Waals surface area contributed by atoms with Crippen molar-refractivity contribution in [2.75, 3.05) is 7.11 Å². The van der Waals surface area contributed by atoms with Crippen molar-refractivity contribution in [2.24, 2.45) is 5.92 Å². The molecule has 0 aliphatic carbocycles. The van der Waals surface area contributed by atoms with Crippen molar-refractivity contribution in [1.82, 2.24) is 0 Å². The van der Waals surface area contributed by atoms with Gasteiger partial charge in [0, 0.05) is 0 Å². The third-order valence-electron chi connectivity index (χ3n) is 2.33. The summed E-state index contributed by atoms with van der Waals surface area (Å²) >= 11 is 0. The van der Waals surface area contributed by atoms with Crippen LogP contribution in [0.5, 0.6) is 0 Å². The smallest absolute Gasteiger partial charge is 0.311 e. The Bertz CT molecular complexity index is 393. The van der Waals surface area contributed by atoms with Gasteiger partial charge in [-0.15, -0.1) is 0 Å². The zero-order valence-corrected chi connectivity index (χ0v) is 8.91. The molecule has 0 aromatic heterocycles. The van der Waals surface area contributed by atoms with E-state index in [0.29, 0.717) is 0 Å². The highest BCUT2D eigenvalue weighted by Crippen LogP contribution is 2.24. The first-order valence-corrected chi connectivity index (χ1v) is 4.68. The fourth-order valence-corrected chi connectivity index (χ4v) is 1.30. The lowest BCUT2D eigenvalue weighted by Crippen LogP contribution is -2.20. The normalized spacial score (nSPS) is 14.3. The van der Waals surface area contributed by atoms with Crippen LogP contribution >= 0.6 is 0 Å². The van der Waals surface area contributed by atoms with Gasteiger partial charge in [0.15, 0.2) is 11.6 Å². The van der Waals surface area contributed by atoms with Gasteiger partial charge in [-0.3, -0.25) is 4.79 Å². The number of carbonyl (C=O) groups is 1. The minimum Gasteiger partial charge on any atom is -0.469 e. The molecule has 88 valence electrons. The molecule has 0 spiro atoms. The second-order valence-electron chi connectivity index (χ2n) is 3.43. The summed E-state index contributed by atoms with van der Waals surface area (Å²) in [6.45, 7) is 1.44. The molecule has 0 saturated heterocycles. The van der Waals surface area contributed by atoms with Crippen LogP contribution in [0.4, 0.5) is 8.78 Å². The molecular weight excluding hydrogens is 218 g/mol. The van der Waals surface area contributed by atoms with Gasteiger partial charge in [0.1, 0.15) is 0 Å². The summed E-state index contributed by atoms with van der Waals surface area (Å²) in [6, 6.07) is 2.99. The molecule has 0 bridgehead atoms. The van der Waals surface area contributed by atoms with Crippen LogP contribution in [0.3, 0.4) is 0 Å². The van der Waals surface area contributed by atoms with Crippen molar-refractivity contribution in [1.29, 1.82) is 0 Å². The molecule has 5 heteroatoms. The molecule has 1 aromatic rings. The molecule has 16 heavy (non-hydrogen) atoms. The van der Waals surface area contributed by atoms with E-state index in [9.17, 15) is 18.7 Å². The third kappa shape index (κ3) is 2.55. The Balaban J connectivity index is 2.91. The van der Waals surface area contributed by atoms with Crippen LogP contribution in [-0.2, 0) is 9.53 Å². The Kier molecular flexibility index (Phi) is 3.95. The lowest BCUT2D eigenvalue weighted by Gasteiger charge is -2.16. The summed E-state index contributed by atoms with van der Waals surface area (Å²) in [5, 5.41) is 9.72. The molecule has 3 nitrogen and oxygen atoms in total. The van der Waals surface area contributed by atoms with E-state index in [4.69, 9.17) is 0 Å². The summed E-state index contributed by atoms with van der Waals surface area (Å²) in [7, 11) is 1.19. The summed E-state index contributed by atoms with van der Waals surface area (Å²) < 4.78 is 30.0. The van der Waals surface area contributed by atoms with E-state index < -0.39 is 29.6 Å². The first-order chi connectivity index (χ1) is 7.47. The monoisotopic (exact) mass is 230 g/mol. The minimum atomic E-state index is -1.22. The Hall–Kier alpha value is -1.49. The molecule has 0 radical (unpaired) electrons. The Morgan fingerprint density at radius 2 is 2.00 bits per heavy atom. The number of methoxy groups -OCH3 is 1. The van der Waals surface area contributed by atoms with Crippen molar-refractivity contribution in [2.45, 2.75) is 13.0 Å². The third-order valence-corrected chi connectivity index (χ3v) is 2.33. The highest BCUT2D eigenvalue weighted by molar-refractivity contribution is 5.72. The number of ether oxygens (including phenoxy) is 1. The molecule has 0 aliphatic rings. The Labute approximate surface area is 91.7 Å². The molecule has 0 saturated carbocycles. The molecule has 1 N–H and O–H groups in total. The van der Waals surface area contributed by atoms with Crippen LogP contribution in [0, 0.1) is 17.6 Å². The molecule has 1 aromatic carbocycles. The van der Waals surface area contributed by atoms with Gasteiger partial charge in [-0.2, -0.15) is 0 Å². The van der Waals surface area contributed by atoms with Gasteiger partial charge in [0.25, 0.3) is 0 Å². The summed E-state index contributed by atoms with van der Waals surface area (Å²) in [4.78, 5) is 11.1. The molecule has 2 atom stereocenters. The van der Waals surface area contributed by atoms with Crippen LogP contribution < -0.4 is 0 Å². The average Bonchev–Trinajstić information content (AvgIpc) is 2.29. The van der Waals surface area contributed by atoms with Gasteiger partial charge in [0.2, 0.25) is 0 Å². The number of halogens is 2. The quantitative estimate of drug-likeness (QED) is 0.805. The number of esters is 1. The SMILES string of the molecule is COC(=O)C(C)C(O)c1ccc(F)c(F)c1. The van der Waals surface area contributed by atoms with E-state index in [1.807, 2.05) is 0 Å². The van der Waals surface area contributed by atoms with Gasteiger partial charge < -0.3 is 9.84 Å². The first kappa shape index (κ1) is 12.6. The lowest BCUT2D eigenvalue weighted by atomic mass is 9.97. The molecule has 1 rings (SSSR count). The predicted octanol–water partition coefficient (Wildman–Crippen LogP) is 1.81. The number of carbonyl (C=O) groups excluding carboxylic acids is 1. The number of aliphatic hydroxyl groups excluding tert-OH is 1. The summed E-state index contributed by atoms with van der Waals surface area (Å²) in [6.07, 6.45) is -1.22. The molecule has 0 amide bonds. The van der Waals surface area contributed by atoms with Crippen molar-refractivity contribution in [3.05, 3.63) is 35.4 Å². The van der Waals surface area contributed by atoms with Crippen molar-refractivity contribution < 1.29 is 23.4 Å². The van der Waals surface area contributed by atoms with E-state index >= 15 is 0 Å². The van der Waals surface area contributed by atoms with Crippen LogP contribution in [0.25, 0.3) is 0 Å². The summed E-state index contributed by atoms with van der Waals surface area (Å²) in [5.74, 6) is -3.51. The van der Waals surface area contributed by atoms with Gasteiger partial charge in [0.05, 0.1) is 19.1 Å². The van der Waals surface area contributed by atoms with Crippen LogP contribution in [0.2, 0.25) is 0 Å². The van der Waals surface area contributed by atoms with E-state index in [1.54, 1.807) is 0 Å². The molecular formula is C11H12F2O3. The van der Waals surface area contributed by atoms with Gasteiger partial charge in [-0.05, 0) is 24.6 Å². The van der Waals surface area contributed by atoms with Crippen LogP contribution in [-0.4, -0.2) is 18.2 Å². The number of rotatable bonds is 3. The van der Waals surface area contributed by atoms with Gasteiger partial charge >= 0.3 is 5.97 Å². The number of hydrogen-bond acceptors (Lipinski definition) is 3. The standard InChI is InChI=1S/C11H12F2O3/c1-6(11(15)16-2)10(14)7-3-4-8(12)9(13)5-7/h3-6,10,14H,1-2H3. The maximum absolute atomic E-state index is 12.9. The zero-order valence-electron chi connectivity index (χ0n) is 8.91. The van der Waals surface area contributed by atoms with Crippen LogP contribution in [0.15, 0.2) is 18.2 Å². The van der Waals surface area contributed by atoms with E-state index in [-0.39, 0.29) is 5.56 Å². The van der Waals surface area contributed by atoms with Crippen LogP contribution in [0.1, 0.15) is 18.6 Å². The molecule has 2 unspecified atom stereocenters. The fraction of sp³-hybridized carbons (Fsp3) is 0.364. The van der Waals surface area contributed by atoms with Gasteiger partial charge in [-0.1, -0.05) is 6.07 Å². The molecule has 0 aliphatic heterocycles. The minimum absolute atomic E-state index is 0.136. The van der Waals surface area contributed by atoms with E-state index in [2.05, 4.69) is 4.74 Å². The van der Waals surface area contributed by atoms with Crippen molar-refractivity contribution >= 4 is 5.97 Å². The second-order valence-corrected chi connectivity index (χ2v) is 3.43. The predicted molar refractivity (Wildman–Crippen MR) is 52.5 cm³/mol. The zero-order chi connectivity index (χ0) is 12.3. The first-order valence-electron chi connectivity index (χ1n) is 4.68. The topological polar surface area (TPSA) is 46.5 Å². The lowest BCUT2D eigenvalue weighted by molar-refractivity contribution is -0.148. The number of benzene rings is 1. The Morgan fingerprint density at radius 3 is 2.50 bits per heavy atom. The molecule has 0 heterocycles. The maximum Gasteiger partial charge on any atom is 0.311 e. The number of hydrogen-bond donors (Lipinski definition) is 1. The highest BCUT2D eigenvalue weighted by atomic mass is 19.2. The van der Waals surface area contributed by atoms with Crippen molar-refractivity contribution in [3.63, 3.8) is 0 Å². The summed E-state index contributed by atoms with van der Waals surface area (Å²) in [5.41, 5.74) is 0.136. The number of aliphatic hydroxyl groups is 1. The van der Waals surface area contributed by atoms with E-state index in [0.717, 1.165) is 12.1 Å². The Morgan fingerprint density at radius 1 is 1.38 bits per heavy atom. The largest absolute Gasteiger partial charge is 0.469 e.